The van der Waals surface area contributed by atoms with Crippen molar-refractivity contribution in [1.29, 1.82) is 0 Å². The Hall–Kier alpha value is -1.47. The van der Waals surface area contributed by atoms with Crippen LogP contribution in [-0.4, -0.2) is 49.1 Å². The van der Waals surface area contributed by atoms with Gasteiger partial charge in [0.05, 0.1) is 20.3 Å². The molecule has 0 radical (unpaired) electrons. The lowest BCUT2D eigenvalue weighted by molar-refractivity contribution is -0.135. The second-order valence-corrected chi connectivity index (χ2v) is 5.47. The third-order valence-electron chi connectivity index (χ3n) is 2.64. The zero-order valence-electron chi connectivity index (χ0n) is 12.2. The van der Waals surface area contributed by atoms with Crippen LogP contribution in [0.25, 0.3) is 0 Å². The number of ether oxygens (including phenoxy) is 2. The maximum atomic E-state index is 12.1. The molecule has 0 aliphatic carbocycles. The van der Waals surface area contributed by atoms with Gasteiger partial charge in [-0.05, 0) is 0 Å². The third kappa shape index (κ3) is 4.57. The molecule has 6 nitrogen and oxygen atoms in total. The first-order valence-electron chi connectivity index (χ1n) is 6.30. The highest BCUT2D eigenvalue weighted by atomic mass is 32.1. The van der Waals surface area contributed by atoms with Crippen molar-refractivity contribution in [3.63, 3.8) is 0 Å². The molecular formula is C13H20N2O4S. The van der Waals surface area contributed by atoms with Crippen LogP contribution < -0.4 is 0 Å². The molecule has 0 atom stereocenters. The Morgan fingerprint density at radius 1 is 1.40 bits per heavy atom. The summed E-state index contributed by atoms with van der Waals surface area (Å²) >= 11 is 1.34. The molecule has 0 saturated heterocycles. The molecular weight excluding hydrogens is 280 g/mol. The van der Waals surface area contributed by atoms with E-state index in [2.05, 4.69) is 9.72 Å². The molecule has 0 spiro atoms. The van der Waals surface area contributed by atoms with Gasteiger partial charge in [-0.3, -0.25) is 4.79 Å². The highest BCUT2D eigenvalue weighted by molar-refractivity contribution is 7.09. The first-order valence-corrected chi connectivity index (χ1v) is 7.18. The summed E-state index contributed by atoms with van der Waals surface area (Å²) in [4.78, 5) is 29.3. The lowest BCUT2D eigenvalue weighted by atomic mass is 10.2. The number of carbonyl (C=O) groups is 2. The van der Waals surface area contributed by atoms with E-state index in [1.54, 1.807) is 17.4 Å². The van der Waals surface area contributed by atoms with Crippen LogP contribution in [0.5, 0.6) is 0 Å². The normalized spacial score (nSPS) is 10.7. The van der Waals surface area contributed by atoms with Gasteiger partial charge in [0.1, 0.15) is 5.01 Å². The van der Waals surface area contributed by atoms with E-state index in [0.29, 0.717) is 24.7 Å². The fraction of sp³-hybridized carbons (Fsp3) is 0.615. The predicted molar refractivity (Wildman–Crippen MR) is 75.6 cm³/mol. The molecule has 0 aliphatic rings. The molecule has 1 heterocycles. The van der Waals surface area contributed by atoms with Crippen molar-refractivity contribution >= 4 is 23.2 Å². The van der Waals surface area contributed by atoms with E-state index in [4.69, 9.17) is 4.74 Å². The van der Waals surface area contributed by atoms with E-state index >= 15 is 0 Å². The summed E-state index contributed by atoms with van der Waals surface area (Å²) < 4.78 is 9.63. The maximum Gasteiger partial charge on any atom is 0.357 e. The van der Waals surface area contributed by atoms with Crippen molar-refractivity contribution in [3.8, 4) is 0 Å². The first kappa shape index (κ1) is 16.6. The molecule has 112 valence electrons. The molecule has 1 rings (SSSR count). The average molecular weight is 300 g/mol. The summed E-state index contributed by atoms with van der Waals surface area (Å²) in [6, 6.07) is 0. The van der Waals surface area contributed by atoms with Gasteiger partial charge < -0.3 is 14.4 Å². The van der Waals surface area contributed by atoms with Gasteiger partial charge in [0.25, 0.3) is 0 Å². The van der Waals surface area contributed by atoms with Crippen LogP contribution in [0.15, 0.2) is 5.38 Å². The number of hydrogen-bond donors (Lipinski definition) is 0. The van der Waals surface area contributed by atoms with Crippen molar-refractivity contribution in [2.75, 3.05) is 27.4 Å². The second kappa shape index (κ2) is 7.96. The number of rotatable bonds is 7. The number of thiazole rings is 1. The third-order valence-corrected chi connectivity index (χ3v) is 3.48. The highest BCUT2D eigenvalue weighted by Gasteiger charge is 2.19. The minimum absolute atomic E-state index is 0.0388. The molecule has 0 aliphatic heterocycles. The van der Waals surface area contributed by atoms with Crippen LogP contribution in [0.1, 0.15) is 29.3 Å². The number of nitrogens with zero attached hydrogens (tertiary/aromatic N) is 2. The highest BCUT2D eigenvalue weighted by Crippen LogP contribution is 2.14. The van der Waals surface area contributed by atoms with Crippen molar-refractivity contribution in [2.24, 2.45) is 5.92 Å². The molecule has 0 fully saturated rings. The zero-order valence-corrected chi connectivity index (χ0v) is 13.0. The molecule has 0 saturated carbocycles. The van der Waals surface area contributed by atoms with Gasteiger partial charge in [-0.2, -0.15) is 0 Å². The fourth-order valence-corrected chi connectivity index (χ4v) is 2.36. The molecule has 1 amide bonds. The number of methoxy groups -OCH3 is 2. The Bertz CT molecular complexity index is 459. The topological polar surface area (TPSA) is 68.7 Å². The molecule has 0 N–H and O–H groups in total. The summed E-state index contributed by atoms with van der Waals surface area (Å²) in [6.45, 7) is 5.05. The molecule has 1 aromatic heterocycles. The maximum absolute atomic E-state index is 12.1. The van der Waals surface area contributed by atoms with Crippen LogP contribution in [0, 0.1) is 5.92 Å². The van der Waals surface area contributed by atoms with E-state index in [-0.39, 0.29) is 17.5 Å². The van der Waals surface area contributed by atoms with E-state index < -0.39 is 5.97 Å². The Morgan fingerprint density at radius 3 is 2.65 bits per heavy atom. The van der Waals surface area contributed by atoms with E-state index in [0.717, 1.165) is 0 Å². The number of esters is 1. The van der Waals surface area contributed by atoms with Gasteiger partial charge in [-0.15, -0.1) is 11.3 Å². The monoisotopic (exact) mass is 300 g/mol. The lowest BCUT2D eigenvalue weighted by Gasteiger charge is -2.23. The molecule has 0 bridgehead atoms. The van der Waals surface area contributed by atoms with Crippen molar-refractivity contribution < 1.29 is 19.1 Å². The number of hydrogen-bond acceptors (Lipinski definition) is 6. The molecule has 0 aromatic carbocycles. The van der Waals surface area contributed by atoms with Crippen LogP contribution in [0.4, 0.5) is 0 Å². The number of amides is 1. The summed E-state index contributed by atoms with van der Waals surface area (Å²) in [7, 11) is 2.91. The number of carbonyl (C=O) groups excluding carboxylic acids is 2. The van der Waals surface area contributed by atoms with Crippen molar-refractivity contribution in [3.05, 3.63) is 16.1 Å². The van der Waals surface area contributed by atoms with E-state index in [1.807, 2.05) is 13.8 Å². The van der Waals surface area contributed by atoms with E-state index in [9.17, 15) is 9.59 Å². The van der Waals surface area contributed by atoms with Crippen LogP contribution in [0.3, 0.4) is 0 Å². The molecule has 7 heteroatoms. The largest absolute Gasteiger partial charge is 0.464 e. The van der Waals surface area contributed by atoms with Crippen molar-refractivity contribution in [1.82, 2.24) is 9.88 Å². The van der Waals surface area contributed by atoms with Gasteiger partial charge in [-0.25, -0.2) is 9.78 Å². The van der Waals surface area contributed by atoms with Crippen LogP contribution in [-0.2, 0) is 20.8 Å². The Balaban J connectivity index is 2.76. The smallest absolute Gasteiger partial charge is 0.357 e. The van der Waals surface area contributed by atoms with Crippen molar-refractivity contribution in [2.45, 2.75) is 20.4 Å². The number of aromatic nitrogens is 1. The van der Waals surface area contributed by atoms with Gasteiger partial charge in [-0.1, -0.05) is 13.8 Å². The SMILES string of the molecule is COCCN(Cc1nc(C(=O)OC)cs1)C(=O)C(C)C. The Kier molecular flexibility index (Phi) is 6.60. The average Bonchev–Trinajstić information content (AvgIpc) is 2.90. The van der Waals surface area contributed by atoms with Gasteiger partial charge >= 0.3 is 5.97 Å². The molecule has 20 heavy (non-hydrogen) atoms. The van der Waals surface area contributed by atoms with E-state index in [1.165, 1.54) is 18.4 Å². The zero-order chi connectivity index (χ0) is 15.1. The lowest BCUT2D eigenvalue weighted by Crippen LogP contribution is -2.36. The molecule has 1 aromatic rings. The summed E-state index contributed by atoms with van der Waals surface area (Å²) in [5.41, 5.74) is 0.274. The quantitative estimate of drug-likeness (QED) is 0.715. The summed E-state index contributed by atoms with van der Waals surface area (Å²) in [5.74, 6) is -0.519. The van der Waals surface area contributed by atoms with Gasteiger partial charge in [0.15, 0.2) is 5.69 Å². The minimum Gasteiger partial charge on any atom is -0.464 e. The fourth-order valence-electron chi connectivity index (χ4n) is 1.58. The summed E-state index contributed by atoms with van der Waals surface area (Å²) in [5, 5.41) is 2.34. The van der Waals surface area contributed by atoms with Gasteiger partial charge in [0, 0.05) is 25.0 Å². The predicted octanol–water partition coefficient (Wildman–Crippen LogP) is 1.56. The Labute approximate surface area is 122 Å². The minimum atomic E-state index is -0.467. The summed E-state index contributed by atoms with van der Waals surface area (Å²) in [6.07, 6.45) is 0. The standard InChI is InChI=1S/C13H20N2O4S/c1-9(2)12(16)15(5-6-18-3)7-11-14-10(8-20-11)13(17)19-4/h8-9H,5-7H2,1-4H3. The van der Waals surface area contributed by atoms with Crippen LogP contribution >= 0.6 is 11.3 Å². The molecule has 0 unspecified atom stereocenters. The first-order chi connectivity index (χ1) is 9.49. The second-order valence-electron chi connectivity index (χ2n) is 4.53. The Morgan fingerprint density at radius 2 is 2.10 bits per heavy atom. The van der Waals surface area contributed by atoms with Gasteiger partial charge in [0.2, 0.25) is 5.91 Å². The van der Waals surface area contributed by atoms with Crippen LogP contribution in [0.2, 0.25) is 0 Å².